The molecule has 0 radical (unpaired) electrons. The first-order valence-corrected chi connectivity index (χ1v) is 7.01. The molecule has 4 heteroatoms. The Hall–Kier alpha value is -1.13. The second kappa shape index (κ2) is 6.16. The molecule has 0 aliphatic heterocycles. The molecule has 0 aliphatic carbocycles. The van der Waals surface area contributed by atoms with Crippen LogP contribution in [0, 0.1) is 0 Å². The number of rotatable bonds is 5. The van der Waals surface area contributed by atoms with E-state index in [1.807, 2.05) is 24.5 Å². The largest absolute Gasteiger partial charge is 0.335 e. The molecule has 2 aromatic rings. The second-order valence-corrected chi connectivity index (χ2v) is 5.32. The van der Waals surface area contributed by atoms with Crippen LogP contribution in [0.4, 0.5) is 0 Å². The Kier molecular flexibility index (Phi) is 4.55. The van der Waals surface area contributed by atoms with Gasteiger partial charge in [0, 0.05) is 35.9 Å². The lowest BCUT2D eigenvalue weighted by atomic mass is 10.0. The number of aryl methyl sites for hydroxylation is 1. The zero-order valence-corrected chi connectivity index (χ0v) is 12.1. The summed E-state index contributed by atoms with van der Waals surface area (Å²) in [5, 5.41) is 0. The number of benzene rings is 1. The zero-order valence-electron chi connectivity index (χ0n) is 10.5. The predicted molar refractivity (Wildman–Crippen MR) is 77.3 cm³/mol. The number of aromatic nitrogens is 2. The molecule has 3 nitrogen and oxygen atoms in total. The average Bonchev–Trinajstić information content (AvgIpc) is 2.77. The Morgan fingerprint density at radius 1 is 1.44 bits per heavy atom. The van der Waals surface area contributed by atoms with Gasteiger partial charge in [0.05, 0.1) is 0 Å². The fourth-order valence-electron chi connectivity index (χ4n) is 2.03. The molecule has 2 N–H and O–H groups in total. The van der Waals surface area contributed by atoms with Crippen LogP contribution in [0.1, 0.15) is 30.8 Å². The van der Waals surface area contributed by atoms with Crippen LogP contribution in [0.5, 0.6) is 0 Å². The molecule has 0 amide bonds. The molecule has 0 saturated carbocycles. The summed E-state index contributed by atoms with van der Waals surface area (Å²) in [6, 6.07) is 8.13. The van der Waals surface area contributed by atoms with E-state index in [2.05, 4.69) is 44.5 Å². The highest BCUT2D eigenvalue weighted by molar-refractivity contribution is 9.10. The van der Waals surface area contributed by atoms with E-state index in [-0.39, 0.29) is 6.04 Å². The molecule has 1 atom stereocenters. The molecule has 1 aromatic heterocycles. The van der Waals surface area contributed by atoms with Gasteiger partial charge in [-0.25, -0.2) is 4.98 Å². The van der Waals surface area contributed by atoms with Gasteiger partial charge >= 0.3 is 0 Å². The number of imidazole rings is 1. The van der Waals surface area contributed by atoms with Crippen molar-refractivity contribution in [1.29, 1.82) is 0 Å². The van der Waals surface area contributed by atoms with Crippen LogP contribution in [0.2, 0.25) is 0 Å². The van der Waals surface area contributed by atoms with Crippen LogP contribution in [-0.4, -0.2) is 9.55 Å². The van der Waals surface area contributed by atoms with Gasteiger partial charge < -0.3 is 10.3 Å². The molecule has 18 heavy (non-hydrogen) atoms. The van der Waals surface area contributed by atoms with Gasteiger partial charge in [0.2, 0.25) is 0 Å². The molecule has 1 unspecified atom stereocenters. The van der Waals surface area contributed by atoms with Gasteiger partial charge in [0.15, 0.2) is 0 Å². The minimum absolute atomic E-state index is 0.0134. The summed E-state index contributed by atoms with van der Waals surface area (Å²) in [7, 11) is 0. The SMILES string of the molecule is CCCn1ccnc1CC(N)c1cccc(Br)c1. The zero-order chi connectivity index (χ0) is 13.0. The first-order chi connectivity index (χ1) is 8.70. The molecule has 0 spiro atoms. The maximum atomic E-state index is 6.25. The van der Waals surface area contributed by atoms with Crippen molar-refractivity contribution >= 4 is 15.9 Å². The van der Waals surface area contributed by atoms with E-state index in [0.29, 0.717) is 0 Å². The lowest BCUT2D eigenvalue weighted by Crippen LogP contribution is -2.16. The minimum atomic E-state index is -0.0134. The van der Waals surface area contributed by atoms with Crippen molar-refractivity contribution in [3.8, 4) is 0 Å². The highest BCUT2D eigenvalue weighted by atomic mass is 79.9. The number of hydrogen-bond acceptors (Lipinski definition) is 2. The Labute approximate surface area is 116 Å². The summed E-state index contributed by atoms with van der Waals surface area (Å²) in [4.78, 5) is 4.39. The number of nitrogens with zero attached hydrogens (tertiary/aromatic N) is 2. The van der Waals surface area contributed by atoms with E-state index >= 15 is 0 Å². The first kappa shape index (κ1) is 13.3. The van der Waals surface area contributed by atoms with Gasteiger partial charge in [0.1, 0.15) is 5.82 Å². The van der Waals surface area contributed by atoms with Gasteiger partial charge in [-0.1, -0.05) is 35.0 Å². The van der Waals surface area contributed by atoms with Gasteiger partial charge in [0.25, 0.3) is 0 Å². The molecule has 0 bridgehead atoms. The summed E-state index contributed by atoms with van der Waals surface area (Å²) in [5.74, 6) is 1.06. The third-order valence-electron chi connectivity index (χ3n) is 2.95. The molecule has 0 aliphatic rings. The number of halogens is 1. The van der Waals surface area contributed by atoms with Crippen LogP contribution in [0.25, 0.3) is 0 Å². The van der Waals surface area contributed by atoms with Crippen molar-refractivity contribution in [1.82, 2.24) is 9.55 Å². The van der Waals surface area contributed by atoms with E-state index in [0.717, 1.165) is 35.2 Å². The Bertz CT molecular complexity index is 507. The predicted octanol–water partition coefficient (Wildman–Crippen LogP) is 3.30. The second-order valence-electron chi connectivity index (χ2n) is 4.40. The van der Waals surface area contributed by atoms with Gasteiger partial charge in [-0.15, -0.1) is 0 Å². The van der Waals surface area contributed by atoms with E-state index in [9.17, 15) is 0 Å². The van der Waals surface area contributed by atoms with Crippen LogP contribution in [0.3, 0.4) is 0 Å². The van der Waals surface area contributed by atoms with Crippen molar-refractivity contribution in [3.63, 3.8) is 0 Å². The maximum Gasteiger partial charge on any atom is 0.110 e. The van der Waals surface area contributed by atoms with Crippen molar-refractivity contribution in [2.75, 3.05) is 0 Å². The van der Waals surface area contributed by atoms with Crippen LogP contribution in [-0.2, 0) is 13.0 Å². The average molecular weight is 308 g/mol. The van der Waals surface area contributed by atoms with Crippen molar-refractivity contribution in [2.24, 2.45) is 5.73 Å². The van der Waals surface area contributed by atoms with Gasteiger partial charge in [-0.05, 0) is 24.1 Å². The van der Waals surface area contributed by atoms with Gasteiger partial charge in [-0.3, -0.25) is 0 Å². The van der Waals surface area contributed by atoms with Crippen LogP contribution in [0.15, 0.2) is 41.1 Å². The fourth-order valence-corrected chi connectivity index (χ4v) is 2.44. The molecule has 96 valence electrons. The highest BCUT2D eigenvalue weighted by Crippen LogP contribution is 2.19. The minimum Gasteiger partial charge on any atom is -0.335 e. The Balaban J connectivity index is 2.11. The fraction of sp³-hybridized carbons (Fsp3) is 0.357. The molecule has 0 saturated heterocycles. The Morgan fingerprint density at radius 3 is 3.00 bits per heavy atom. The summed E-state index contributed by atoms with van der Waals surface area (Å²) in [5.41, 5.74) is 7.38. The van der Waals surface area contributed by atoms with Crippen LogP contribution < -0.4 is 5.73 Å². The van der Waals surface area contributed by atoms with E-state index < -0.39 is 0 Å². The number of hydrogen-bond donors (Lipinski definition) is 1. The Morgan fingerprint density at radius 2 is 2.28 bits per heavy atom. The maximum absolute atomic E-state index is 6.25. The molecule has 0 fully saturated rings. The van der Waals surface area contributed by atoms with E-state index in [1.165, 1.54) is 0 Å². The third kappa shape index (κ3) is 3.21. The van der Waals surface area contributed by atoms with Crippen LogP contribution >= 0.6 is 15.9 Å². The third-order valence-corrected chi connectivity index (χ3v) is 3.44. The molecular weight excluding hydrogens is 290 g/mol. The molecule has 2 rings (SSSR count). The summed E-state index contributed by atoms with van der Waals surface area (Å²) >= 11 is 3.47. The summed E-state index contributed by atoms with van der Waals surface area (Å²) < 4.78 is 3.24. The molecular formula is C14H18BrN3. The molecule has 1 aromatic carbocycles. The highest BCUT2D eigenvalue weighted by Gasteiger charge is 2.11. The van der Waals surface area contributed by atoms with Crippen molar-refractivity contribution in [2.45, 2.75) is 32.4 Å². The first-order valence-electron chi connectivity index (χ1n) is 6.21. The lowest BCUT2D eigenvalue weighted by Gasteiger charge is -2.13. The van der Waals surface area contributed by atoms with E-state index in [4.69, 9.17) is 5.73 Å². The quantitative estimate of drug-likeness (QED) is 0.921. The standard InChI is InChI=1S/C14H18BrN3/c1-2-7-18-8-6-17-14(18)10-13(16)11-4-3-5-12(15)9-11/h3-6,8-9,13H,2,7,10,16H2,1H3. The number of nitrogens with two attached hydrogens (primary N) is 1. The van der Waals surface area contributed by atoms with Crippen molar-refractivity contribution in [3.05, 3.63) is 52.5 Å². The summed E-state index contributed by atoms with van der Waals surface area (Å²) in [6.45, 7) is 3.17. The smallest absolute Gasteiger partial charge is 0.110 e. The topological polar surface area (TPSA) is 43.8 Å². The normalized spacial score (nSPS) is 12.6. The van der Waals surface area contributed by atoms with Crippen molar-refractivity contribution < 1.29 is 0 Å². The lowest BCUT2D eigenvalue weighted by molar-refractivity contribution is 0.598. The van der Waals surface area contributed by atoms with Gasteiger partial charge in [-0.2, -0.15) is 0 Å². The summed E-state index contributed by atoms with van der Waals surface area (Å²) in [6.07, 6.45) is 5.74. The molecule has 1 heterocycles. The monoisotopic (exact) mass is 307 g/mol. The van der Waals surface area contributed by atoms with E-state index in [1.54, 1.807) is 0 Å².